The summed E-state index contributed by atoms with van der Waals surface area (Å²) < 4.78 is 10.5. The van der Waals surface area contributed by atoms with E-state index >= 15 is 0 Å². The van der Waals surface area contributed by atoms with Crippen molar-refractivity contribution in [3.63, 3.8) is 0 Å². The molecule has 21 heavy (non-hydrogen) atoms. The molecule has 0 spiro atoms. The SMILES string of the molecule is CCc1ccc(OCC(=O)NNC(=O)C2CCCO2)cc1. The Bertz CT molecular complexity index is 481. The Balaban J connectivity index is 1.67. The van der Waals surface area contributed by atoms with Crippen LogP contribution < -0.4 is 15.6 Å². The average Bonchev–Trinajstić information content (AvgIpc) is 3.05. The van der Waals surface area contributed by atoms with E-state index in [1.54, 1.807) is 0 Å². The molecule has 6 heteroatoms. The maximum atomic E-state index is 11.6. The molecule has 1 atom stereocenters. The third kappa shape index (κ3) is 4.75. The van der Waals surface area contributed by atoms with Crippen molar-refractivity contribution in [2.24, 2.45) is 0 Å². The highest BCUT2D eigenvalue weighted by molar-refractivity contribution is 5.85. The Morgan fingerprint density at radius 2 is 2.05 bits per heavy atom. The highest BCUT2D eigenvalue weighted by atomic mass is 16.5. The summed E-state index contributed by atoms with van der Waals surface area (Å²) in [5.41, 5.74) is 5.85. The Morgan fingerprint density at radius 1 is 1.29 bits per heavy atom. The number of hydrogen-bond acceptors (Lipinski definition) is 4. The number of carbonyl (C=O) groups excluding carboxylic acids is 2. The molecule has 1 saturated heterocycles. The van der Waals surface area contributed by atoms with Crippen molar-refractivity contribution < 1.29 is 19.1 Å². The van der Waals surface area contributed by atoms with Gasteiger partial charge in [0.15, 0.2) is 6.61 Å². The van der Waals surface area contributed by atoms with Gasteiger partial charge in [-0.1, -0.05) is 19.1 Å². The Morgan fingerprint density at radius 3 is 2.67 bits per heavy atom. The number of amides is 2. The zero-order valence-corrected chi connectivity index (χ0v) is 12.1. The van der Waals surface area contributed by atoms with Gasteiger partial charge in [0.2, 0.25) is 0 Å². The monoisotopic (exact) mass is 292 g/mol. The lowest BCUT2D eigenvalue weighted by molar-refractivity contribution is -0.135. The van der Waals surface area contributed by atoms with Crippen LogP contribution in [-0.4, -0.2) is 31.1 Å². The van der Waals surface area contributed by atoms with E-state index in [4.69, 9.17) is 9.47 Å². The van der Waals surface area contributed by atoms with E-state index in [0.29, 0.717) is 18.8 Å². The lowest BCUT2D eigenvalue weighted by atomic mass is 10.2. The summed E-state index contributed by atoms with van der Waals surface area (Å²) in [6.07, 6.45) is 2.04. The van der Waals surface area contributed by atoms with E-state index in [0.717, 1.165) is 12.8 Å². The molecule has 2 amide bonds. The van der Waals surface area contributed by atoms with Crippen LogP contribution in [0.5, 0.6) is 5.75 Å². The zero-order chi connectivity index (χ0) is 15.1. The van der Waals surface area contributed by atoms with Gasteiger partial charge in [-0.15, -0.1) is 0 Å². The van der Waals surface area contributed by atoms with Crippen molar-refractivity contribution >= 4 is 11.8 Å². The van der Waals surface area contributed by atoms with Crippen LogP contribution in [-0.2, 0) is 20.7 Å². The molecule has 114 valence electrons. The van der Waals surface area contributed by atoms with Gasteiger partial charge in [0.05, 0.1) is 0 Å². The molecule has 0 bridgehead atoms. The van der Waals surface area contributed by atoms with Crippen molar-refractivity contribution in [1.82, 2.24) is 10.9 Å². The van der Waals surface area contributed by atoms with Crippen molar-refractivity contribution in [3.05, 3.63) is 29.8 Å². The smallest absolute Gasteiger partial charge is 0.276 e. The van der Waals surface area contributed by atoms with E-state index in [1.165, 1.54) is 5.56 Å². The van der Waals surface area contributed by atoms with Gasteiger partial charge in [0, 0.05) is 6.61 Å². The average molecular weight is 292 g/mol. The van der Waals surface area contributed by atoms with Crippen LogP contribution in [0.4, 0.5) is 0 Å². The molecule has 2 rings (SSSR count). The van der Waals surface area contributed by atoms with Crippen molar-refractivity contribution in [2.75, 3.05) is 13.2 Å². The van der Waals surface area contributed by atoms with E-state index < -0.39 is 12.0 Å². The standard InChI is InChI=1S/C15H20N2O4/c1-2-11-5-7-12(8-6-11)21-10-14(18)16-17-15(19)13-4-3-9-20-13/h5-8,13H,2-4,9-10H2,1H3,(H,16,18)(H,17,19). The number of hydrogen-bond donors (Lipinski definition) is 2. The molecule has 6 nitrogen and oxygen atoms in total. The predicted octanol–water partition coefficient (Wildman–Crippen LogP) is 0.954. The normalized spacial score (nSPS) is 17.3. The number of hydrazine groups is 1. The Hall–Kier alpha value is -2.08. The molecule has 0 radical (unpaired) electrons. The van der Waals surface area contributed by atoms with Crippen molar-refractivity contribution in [1.29, 1.82) is 0 Å². The first-order valence-corrected chi connectivity index (χ1v) is 7.11. The second kappa shape index (κ2) is 7.64. The van der Waals surface area contributed by atoms with Gasteiger partial charge in [-0.2, -0.15) is 0 Å². The molecule has 0 aliphatic carbocycles. The topological polar surface area (TPSA) is 76.7 Å². The summed E-state index contributed by atoms with van der Waals surface area (Å²) in [4.78, 5) is 23.2. The lowest BCUT2D eigenvalue weighted by Crippen LogP contribution is -2.47. The minimum absolute atomic E-state index is 0.155. The molecule has 1 aromatic rings. The quantitative estimate of drug-likeness (QED) is 0.792. The molecular weight excluding hydrogens is 272 g/mol. The fourth-order valence-corrected chi connectivity index (χ4v) is 2.00. The zero-order valence-electron chi connectivity index (χ0n) is 12.1. The summed E-state index contributed by atoms with van der Waals surface area (Å²) in [5.74, 6) is -0.123. The van der Waals surface area contributed by atoms with E-state index in [9.17, 15) is 9.59 Å². The summed E-state index contributed by atoms with van der Waals surface area (Å²) in [7, 11) is 0. The number of carbonyl (C=O) groups is 2. The van der Waals surface area contributed by atoms with Gasteiger partial charge >= 0.3 is 0 Å². The largest absolute Gasteiger partial charge is 0.484 e. The van der Waals surface area contributed by atoms with Crippen LogP contribution in [0.25, 0.3) is 0 Å². The van der Waals surface area contributed by atoms with Crippen LogP contribution >= 0.6 is 0 Å². The van der Waals surface area contributed by atoms with Crippen LogP contribution in [0.15, 0.2) is 24.3 Å². The Labute approximate surface area is 123 Å². The van der Waals surface area contributed by atoms with Crippen LogP contribution in [0.1, 0.15) is 25.3 Å². The maximum Gasteiger partial charge on any atom is 0.276 e. The fraction of sp³-hybridized carbons (Fsp3) is 0.467. The highest BCUT2D eigenvalue weighted by Gasteiger charge is 2.23. The number of nitrogens with one attached hydrogen (secondary N) is 2. The fourth-order valence-electron chi connectivity index (χ4n) is 2.00. The summed E-state index contributed by atoms with van der Waals surface area (Å²) in [6.45, 7) is 2.50. The summed E-state index contributed by atoms with van der Waals surface area (Å²) in [5, 5.41) is 0. The molecule has 0 saturated carbocycles. The van der Waals surface area contributed by atoms with Crippen LogP contribution in [0, 0.1) is 0 Å². The molecule has 1 heterocycles. The molecule has 1 unspecified atom stereocenters. The second-order valence-corrected chi connectivity index (χ2v) is 4.83. The summed E-state index contributed by atoms with van der Waals surface area (Å²) in [6, 6.07) is 7.53. The van der Waals surface area contributed by atoms with E-state index in [1.807, 2.05) is 24.3 Å². The van der Waals surface area contributed by atoms with Gasteiger partial charge in [-0.05, 0) is 37.0 Å². The first-order valence-electron chi connectivity index (χ1n) is 7.11. The molecule has 1 fully saturated rings. The minimum Gasteiger partial charge on any atom is -0.484 e. The van der Waals surface area contributed by atoms with Gasteiger partial charge in [0.25, 0.3) is 11.8 Å². The Kier molecular flexibility index (Phi) is 5.57. The maximum absolute atomic E-state index is 11.6. The number of rotatable bonds is 5. The predicted molar refractivity (Wildman–Crippen MR) is 76.6 cm³/mol. The third-order valence-corrected chi connectivity index (χ3v) is 3.25. The van der Waals surface area contributed by atoms with Crippen molar-refractivity contribution in [2.45, 2.75) is 32.3 Å². The first-order chi connectivity index (χ1) is 10.2. The number of aryl methyl sites for hydroxylation is 1. The number of benzene rings is 1. The van der Waals surface area contributed by atoms with Crippen LogP contribution in [0.2, 0.25) is 0 Å². The molecule has 1 aliphatic rings. The van der Waals surface area contributed by atoms with Crippen LogP contribution in [0.3, 0.4) is 0 Å². The molecule has 0 aromatic heterocycles. The van der Waals surface area contributed by atoms with Crippen molar-refractivity contribution in [3.8, 4) is 5.75 Å². The third-order valence-electron chi connectivity index (χ3n) is 3.25. The number of ether oxygens (including phenoxy) is 2. The highest BCUT2D eigenvalue weighted by Crippen LogP contribution is 2.12. The summed E-state index contributed by atoms with van der Waals surface area (Å²) >= 11 is 0. The van der Waals surface area contributed by atoms with E-state index in [-0.39, 0.29) is 12.5 Å². The molecule has 2 N–H and O–H groups in total. The van der Waals surface area contributed by atoms with Gasteiger partial charge < -0.3 is 9.47 Å². The molecule has 1 aromatic carbocycles. The second-order valence-electron chi connectivity index (χ2n) is 4.83. The first kappa shape index (κ1) is 15.3. The molecule has 1 aliphatic heterocycles. The van der Waals surface area contributed by atoms with Gasteiger partial charge in [0.1, 0.15) is 11.9 Å². The van der Waals surface area contributed by atoms with E-state index in [2.05, 4.69) is 17.8 Å². The van der Waals surface area contributed by atoms with Gasteiger partial charge in [-0.25, -0.2) is 0 Å². The lowest BCUT2D eigenvalue weighted by Gasteiger charge is -2.12. The van der Waals surface area contributed by atoms with Gasteiger partial charge in [-0.3, -0.25) is 20.4 Å². The molecular formula is C15H20N2O4. The minimum atomic E-state index is -0.465.